The molecule has 0 radical (unpaired) electrons. The van der Waals surface area contributed by atoms with Crippen LogP contribution < -0.4 is 4.74 Å². The number of ether oxygens (including phenoxy) is 1. The maximum absolute atomic E-state index is 13.3. The molecule has 3 rings (SSSR count). The summed E-state index contributed by atoms with van der Waals surface area (Å²) < 4.78 is 37.0. The van der Waals surface area contributed by atoms with E-state index in [0.29, 0.717) is 17.0 Å². The van der Waals surface area contributed by atoms with Gasteiger partial charge in [-0.25, -0.2) is 8.78 Å². The van der Waals surface area contributed by atoms with Crippen LogP contribution in [-0.2, 0) is 6.61 Å². The molecule has 0 aliphatic rings. The van der Waals surface area contributed by atoms with Crippen molar-refractivity contribution in [3.63, 3.8) is 0 Å². The van der Waals surface area contributed by atoms with Crippen LogP contribution in [0.25, 0.3) is 11.5 Å². The summed E-state index contributed by atoms with van der Waals surface area (Å²) in [5.74, 6) is -0.148. The Morgan fingerprint density at radius 2 is 2.12 bits per heavy atom. The van der Waals surface area contributed by atoms with Crippen LogP contribution >= 0.6 is 0 Å². The van der Waals surface area contributed by atoms with Crippen molar-refractivity contribution in [2.75, 3.05) is 0 Å². The molecule has 126 valence electrons. The van der Waals surface area contributed by atoms with Gasteiger partial charge in [0.05, 0.1) is 16.8 Å². The number of hydrogen-bond donors (Lipinski definition) is 0. The van der Waals surface area contributed by atoms with E-state index in [1.165, 1.54) is 31.3 Å². The third kappa shape index (κ3) is 3.77. The van der Waals surface area contributed by atoms with Gasteiger partial charge in [0.15, 0.2) is 6.17 Å². The van der Waals surface area contributed by atoms with Crippen molar-refractivity contribution in [2.45, 2.75) is 19.7 Å². The first kappa shape index (κ1) is 16.5. The smallest absolute Gasteiger partial charge is 0.250 e. The lowest BCUT2D eigenvalue weighted by Gasteiger charge is -2.06. The van der Waals surface area contributed by atoms with Gasteiger partial charge in [-0.05, 0) is 31.2 Å². The van der Waals surface area contributed by atoms with Crippen LogP contribution in [0, 0.1) is 17.1 Å². The molecule has 0 spiro atoms. The van der Waals surface area contributed by atoms with E-state index in [2.05, 4.69) is 15.2 Å². The van der Waals surface area contributed by atoms with E-state index in [1.54, 1.807) is 18.2 Å². The zero-order valence-electron chi connectivity index (χ0n) is 13.1. The van der Waals surface area contributed by atoms with Crippen molar-refractivity contribution in [2.24, 2.45) is 0 Å². The first-order valence-corrected chi connectivity index (χ1v) is 7.32. The van der Waals surface area contributed by atoms with E-state index in [1.807, 2.05) is 0 Å². The monoisotopic (exact) mass is 342 g/mol. The van der Waals surface area contributed by atoms with Gasteiger partial charge in [0.2, 0.25) is 5.89 Å². The number of alkyl halides is 1. The van der Waals surface area contributed by atoms with Gasteiger partial charge in [-0.15, -0.1) is 10.2 Å². The highest BCUT2D eigenvalue weighted by atomic mass is 19.1. The third-order valence-corrected chi connectivity index (χ3v) is 3.30. The van der Waals surface area contributed by atoms with E-state index >= 15 is 0 Å². The Balaban J connectivity index is 1.67. The number of nitrogens with zero attached hydrogens (tertiary/aromatic N) is 4. The molecule has 0 fully saturated rings. The molecule has 0 aliphatic heterocycles. The summed E-state index contributed by atoms with van der Waals surface area (Å²) in [7, 11) is 0. The van der Waals surface area contributed by atoms with Crippen LogP contribution in [-0.4, -0.2) is 15.2 Å². The lowest BCUT2D eigenvalue weighted by atomic mass is 10.2. The van der Waals surface area contributed by atoms with Gasteiger partial charge in [-0.3, -0.25) is 4.98 Å². The van der Waals surface area contributed by atoms with Gasteiger partial charge in [0.1, 0.15) is 24.2 Å². The highest BCUT2D eigenvalue weighted by Gasteiger charge is 2.14. The summed E-state index contributed by atoms with van der Waals surface area (Å²) in [4.78, 5) is 4.20. The number of rotatable bonds is 5. The second-order valence-corrected chi connectivity index (χ2v) is 5.14. The zero-order chi connectivity index (χ0) is 17.8. The molecule has 0 saturated carbocycles. The minimum absolute atomic E-state index is 0.0879. The maximum Gasteiger partial charge on any atom is 0.250 e. The van der Waals surface area contributed by atoms with E-state index < -0.39 is 12.0 Å². The molecule has 1 atom stereocenters. The largest absolute Gasteiger partial charge is 0.487 e. The number of pyridine rings is 1. The minimum atomic E-state index is -1.34. The summed E-state index contributed by atoms with van der Waals surface area (Å²) in [6, 6.07) is 9.05. The van der Waals surface area contributed by atoms with Crippen LogP contribution in [0.2, 0.25) is 0 Å². The van der Waals surface area contributed by atoms with Crippen LogP contribution in [0.4, 0.5) is 8.78 Å². The molecule has 0 amide bonds. The minimum Gasteiger partial charge on any atom is -0.487 e. The topological polar surface area (TPSA) is 84.8 Å². The van der Waals surface area contributed by atoms with Crippen LogP contribution in [0.1, 0.15) is 30.2 Å². The highest BCUT2D eigenvalue weighted by molar-refractivity contribution is 5.50. The van der Waals surface area contributed by atoms with Crippen molar-refractivity contribution in [3.05, 3.63) is 59.5 Å². The van der Waals surface area contributed by atoms with Crippen molar-refractivity contribution in [3.8, 4) is 23.3 Å². The van der Waals surface area contributed by atoms with Gasteiger partial charge in [-0.2, -0.15) is 5.26 Å². The fraction of sp³-hybridized carbons (Fsp3) is 0.176. The summed E-state index contributed by atoms with van der Waals surface area (Å²) in [6.45, 7) is 1.44. The molecule has 3 aromatic rings. The summed E-state index contributed by atoms with van der Waals surface area (Å²) in [6.07, 6.45) is 0.167. The average Bonchev–Trinajstić information content (AvgIpc) is 3.12. The second-order valence-electron chi connectivity index (χ2n) is 5.14. The van der Waals surface area contributed by atoms with Crippen LogP contribution in [0.3, 0.4) is 0 Å². The molecule has 1 aromatic carbocycles. The number of benzene rings is 1. The second kappa shape index (κ2) is 7.05. The van der Waals surface area contributed by atoms with E-state index in [0.717, 1.165) is 0 Å². The number of halogens is 2. The fourth-order valence-corrected chi connectivity index (χ4v) is 1.99. The number of aromatic nitrogens is 3. The number of nitriles is 1. The SMILES string of the molecule is CC(F)c1nnc(-c2ccc(COc3ccc(F)c(C#N)c3)nc2)o1. The van der Waals surface area contributed by atoms with Gasteiger partial charge in [0.25, 0.3) is 5.89 Å². The molecule has 1 unspecified atom stereocenters. The normalized spacial score (nSPS) is 11.8. The fourth-order valence-electron chi connectivity index (χ4n) is 1.99. The maximum atomic E-state index is 13.3. The highest BCUT2D eigenvalue weighted by Crippen LogP contribution is 2.22. The van der Waals surface area contributed by atoms with Gasteiger partial charge >= 0.3 is 0 Å². The van der Waals surface area contributed by atoms with Crippen molar-refractivity contribution < 1.29 is 17.9 Å². The van der Waals surface area contributed by atoms with Crippen molar-refractivity contribution in [1.82, 2.24) is 15.2 Å². The predicted octanol–water partition coefficient (Wildman–Crippen LogP) is 3.75. The lowest BCUT2D eigenvalue weighted by Crippen LogP contribution is -1.99. The van der Waals surface area contributed by atoms with Crippen molar-refractivity contribution >= 4 is 0 Å². The first-order valence-electron chi connectivity index (χ1n) is 7.32. The standard InChI is InChI=1S/C17H12F2N4O2/c1-10(18)16-22-23-17(25-16)11-2-3-13(21-8-11)9-24-14-4-5-15(19)12(6-14)7-20/h2-6,8,10H,9H2,1H3. The molecule has 2 aromatic heterocycles. The third-order valence-electron chi connectivity index (χ3n) is 3.30. The number of hydrogen-bond acceptors (Lipinski definition) is 6. The first-order chi connectivity index (χ1) is 12.1. The molecule has 0 aliphatic carbocycles. The predicted molar refractivity (Wildman–Crippen MR) is 82.5 cm³/mol. The Morgan fingerprint density at radius 3 is 2.76 bits per heavy atom. The van der Waals surface area contributed by atoms with E-state index in [4.69, 9.17) is 14.4 Å². The quantitative estimate of drug-likeness (QED) is 0.702. The summed E-state index contributed by atoms with van der Waals surface area (Å²) in [5, 5.41) is 16.2. The van der Waals surface area contributed by atoms with Gasteiger partial charge in [-0.1, -0.05) is 0 Å². The molecule has 0 bridgehead atoms. The Morgan fingerprint density at radius 1 is 1.28 bits per heavy atom. The van der Waals surface area contributed by atoms with Crippen LogP contribution in [0.15, 0.2) is 40.9 Å². The molecule has 2 heterocycles. The summed E-state index contributed by atoms with van der Waals surface area (Å²) in [5.41, 5.74) is 1.07. The Hall–Kier alpha value is -3.34. The molecule has 0 N–H and O–H groups in total. The molecule has 6 nitrogen and oxygen atoms in total. The molecule has 0 saturated heterocycles. The Kier molecular flexibility index (Phi) is 4.66. The average molecular weight is 342 g/mol. The lowest BCUT2D eigenvalue weighted by molar-refractivity contribution is 0.300. The van der Waals surface area contributed by atoms with Crippen LogP contribution in [0.5, 0.6) is 5.75 Å². The molecular weight excluding hydrogens is 330 g/mol. The Labute approximate surface area is 141 Å². The Bertz CT molecular complexity index is 917. The van der Waals surface area contributed by atoms with Gasteiger partial charge in [0, 0.05) is 12.3 Å². The summed E-state index contributed by atoms with van der Waals surface area (Å²) >= 11 is 0. The van der Waals surface area contributed by atoms with E-state index in [-0.39, 0.29) is 24.0 Å². The molecular formula is C17H12F2N4O2. The van der Waals surface area contributed by atoms with Gasteiger partial charge < -0.3 is 9.15 Å². The van der Waals surface area contributed by atoms with Crippen molar-refractivity contribution in [1.29, 1.82) is 5.26 Å². The van der Waals surface area contributed by atoms with E-state index in [9.17, 15) is 8.78 Å². The molecule has 8 heteroatoms. The molecule has 25 heavy (non-hydrogen) atoms. The zero-order valence-corrected chi connectivity index (χ0v) is 13.1.